The number of amides is 2. The molecule has 0 bridgehead atoms. The number of nitrogens with zero attached hydrogens (tertiary/aromatic N) is 2. The van der Waals surface area contributed by atoms with E-state index in [0.29, 0.717) is 16.8 Å². The molecule has 0 saturated heterocycles. The van der Waals surface area contributed by atoms with Crippen LogP contribution in [0.1, 0.15) is 30.0 Å². The maximum absolute atomic E-state index is 14.0. The Kier molecular flexibility index (Phi) is 7.87. The fourth-order valence-corrected chi connectivity index (χ4v) is 6.29. The number of Topliss-reactive ketones (excluding diaryl/α,β-unsaturated/α-hetero) is 2. The van der Waals surface area contributed by atoms with Crippen LogP contribution in [0.3, 0.4) is 0 Å². The van der Waals surface area contributed by atoms with Gasteiger partial charge in [0, 0.05) is 43.4 Å². The lowest BCUT2D eigenvalue weighted by Gasteiger charge is -2.50. The first kappa shape index (κ1) is 30.6. The van der Waals surface area contributed by atoms with Gasteiger partial charge in [-0.3, -0.25) is 19.3 Å². The lowest BCUT2D eigenvalue weighted by molar-refractivity contribution is -0.153. The summed E-state index contributed by atoms with van der Waals surface area (Å²) < 4.78 is 5.03. The maximum atomic E-state index is 14.0. The number of phenolic OH excluding ortho intramolecular Hbond substituents is 1. The molecule has 13 heteroatoms. The zero-order valence-corrected chi connectivity index (χ0v) is 24.1. The molecule has 13 nitrogen and oxygen atoms in total. The number of aliphatic hydroxyl groups is 3. The molecule has 3 aliphatic rings. The number of primary amides is 1. The number of aliphatic hydroxyl groups excluding tert-OH is 2. The van der Waals surface area contributed by atoms with E-state index in [-0.39, 0.29) is 42.7 Å². The van der Waals surface area contributed by atoms with Gasteiger partial charge in [-0.2, -0.15) is 0 Å². The fraction of sp³-hybridized carbons (Fsp3) is 0.448. The molecule has 4 rings (SSSR count). The van der Waals surface area contributed by atoms with Gasteiger partial charge in [0.25, 0.3) is 5.91 Å². The number of nitrogens with one attached hydrogen (secondary N) is 1. The van der Waals surface area contributed by atoms with Crippen LogP contribution in [0.15, 0.2) is 35.1 Å². The molecule has 1 aromatic rings. The van der Waals surface area contributed by atoms with E-state index in [1.165, 1.54) is 4.90 Å². The normalized spacial score (nSPS) is 25.1. The summed E-state index contributed by atoms with van der Waals surface area (Å²) in [5.41, 5.74) is 3.39. The molecule has 1 aromatic carbocycles. The first-order chi connectivity index (χ1) is 19.5. The average Bonchev–Trinajstić information content (AvgIpc) is 2.88. The van der Waals surface area contributed by atoms with Crippen molar-refractivity contribution in [3.05, 3.63) is 51.8 Å². The summed E-state index contributed by atoms with van der Waals surface area (Å²) in [5, 5.41) is 48.1. The molecule has 3 aliphatic carbocycles. The third-order valence-electron chi connectivity index (χ3n) is 8.13. The van der Waals surface area contributed by atoms with Gasteiger partial charge >= 0.3 is 6.09 Å². The van der Waals surface area contributed by atoms with Crippen LogP contribution in [0, 0.1) is 11.8 Å². The number of anilines is 1. The molecule has 0 radical (unpaired) electrons. The molecule has 4 atom stereocenters. The molecule has 0 aromatic heterocycles. The van der Waals surface area contributed by atoms with Gasteiger partial charge < -0.3 is 41.1 Å². The van der Waals surface area contributed by atoms with Crippen LogP contribution in [-0.4, -0.2) is 95.3 Å². The van der Waals surface area contributed by atoms with Gasteiger partial charge in [-0.15, -0.1) is 0 Å². The molecule has 0 heterocycles. The van der Waals surface area contributed by atoms with Crippen molar-refractivity contribution in [1.29, 1.82) is 0 Å². The summed E-state index contributed by atoms with van der Waals surface area (Å²) in [6.45, 7) is 5.18. The van der Waals surface area contributed by atoms with Gasteiger partial charge in [-0.05, 0) is 57.0 Å². The molecule has 0 aliphatic heterocycles. The van der Waals surface area contributed by atoms with E-state index in [1.807, 2.05) is 0 Å². The topological polar surface area (TPSA) is 203 Å². The number of nitrogens with two attached hydrogens (primary N) is 1. The quantitative estimate of drug-likeness (QED) is 0.196. The Bertz CT molecular complexity index is 1480. The minimum atomic E-state index is -2.73. The van der Waals surface area contributed by atoms with E-state index in [2.05, 4.69) is 11.9 Å². The molecule has 1 saturated carbocycles. The first-order valence-corrected chi connectivity index (χ1v) is 13.3. The number of ether oxygens (including phenoxy) is 1. The van der Waals surface area contributed by atoms with Crippen molar-refractivity contribution in [1.82, 2.24) is 10.2 Å². The van der Waals surface area contributed by atoms with Crippen molar-refractivity contribution in [2.24, 2.45) is 17.6 Å². The van der Waals surface area contributed by atoms with Crippen molar-refractivity contribution in [2.45, 2.75) is 38.0 Å². The fourth-order valence-electron chi connectivity index (χ4n) is 6.29. The molecular weight excluding hydrogens is 548 g/mol. The van der Waals surface area contributed by atoms with Crippen LogP contribution < -0.4 is 16.0 Å². The summed E-state index contributed by atoms with van der Waals surface area (Å²) >= 11 is 0. The highest BCUT2D eigenvalue weighted by molar-refractivity contribution is 6.24. The maximum Gasteiger partial charge on any atom is 0.407 e. The molecule has 1 fully saturated rings. The van der Waals surface area contributed by atoms with Gasteiger partial charge in [0.1, 0.15) is 29.4 Å². The van der Waals surface area contributed by atoms with Crippen molar-refractivity contribution in [3.8, 4) is 5.75 Å². The van der Waals surface area contributed by atoms with Crippen LogP contribution in [0.25, 0.3) is 5.76 Å². The van der Waals surface area contributed by atoms with E-state index in [0.717, 1.165) is 0 Å². The third kappa shape index (κ3) is 4.68. The number of phenols is 1. The second-order valence-electron chi connectivity index (χ2n) is 11.5. The van der Waals surface area contributed by atoms with Gasteiger partial charge in [0.15, 0.2) is 11.4 Å². The van der Waals surface area contributed by atoms with Crippen LogP contribution in [-0.2, 0) is 32.1 Å². The third-order valence-corrected chi connectivity index (χ3v) is 8.13. The number of aromatic hydroxyl groups is 1. The zero-order valence-electron chi connectivity index (χ0n) is 24.1. The smallest absolute Gasteiger partial charge is 0.407 e. The molecular formula is C29H36N4O9. The van der Waals surface area contributed by atoms with Gasteiger partial charge in [0.2, 0.25) is 5.78 Å². The van der Waals surface area contributed by atoms with Crippen molar-refractivity contribution in [2.75, 3.05) is 39.7 Å². The molecule has 7 N–H and O–H groups in total. The standard InChI is InChI=1S/C29H36N4O9/c1-12(2)11-42-28(40)31-10-14-9-17(32(3)4)15-7-13-8-16-21(33(5)6)24(36)20(27(30)39)26(38)29(16,41)25(37)18(13)23(35)19(15)22(14)34/h9,13,16,21,34-35,38,41H,1,7-8,10-11H2,2-6H3,(H2,30,39)(H,31,40). The zero-order chi connectivity index (χ0) is 31.4. The van der Waals surface area contributed by atoms with Gasteiger partial charge in [0.05, 0.1) is 11.6 Å². The van der Waals surface area contributed by atoms with Gasteiger partial charge in [-0.25, -0.2) is 4.79 Å². The number of rotatable bonds is 7. The predicted octanol–water partition coefficient (Wildman–Crippen LogP) is 0.832. The molecule has 4 unspecified atom stereocenters. The molecule has 0 spiro atoms. The minimum absolute atomic E-state index is 0.00424. The SMILES string of the molecule is C=C(C)COC(=O)NCc1cc(N(C)C)c2c(c1O)C(O)=C1C(=O)C3(O)C(O)=C(C(N)=O)C(=O)C(N(C)C)C3CC1C2. The Hall–Kier alpha value is -4.36. The van der Waals surface area contributed by atoms with E-state index in [4.69, 9.17) is 10.5 Å². The largest absolute Gasteiger partial charge is 0.508 e. The number of ketones is 2. The van der Waals surface area contributed by atoms with Crippen molar-refractivity contribution < 1.29 is 44.3 Å². The summed E-state index contributed by atoms with van der Waals surface area (Å²) in [4.78, 5) is 54.7. The van der Waals surface area contributed by atoms with E-state index >= 15 is 0 Å². The Labute approximate surface area is 242 Å². The molecule has 226 valence electrons. The minimum Gasteiger partial charge on any atom is -0.508 e. The van der Waals surface area contributed by atoms with Crippen LogP contribution in [0.2, 0.25) is 0 Å². The monoisotopic (exact) mass is 584 g/mol. The van der Waals surface area contributed by atoms with E-state index < -0.39 is 69.9 Å². The summed E-state index contributed by atoms with van der Waals surface area (Å²) in [6.07, 6.45) is -0.629. The lowest BCUT2D eigenvalue weighted by atomic mass is 9.57. The summed E-state index contributed by atoms with van der Waals surface area (Å²) in [5.74, 6) is -7.24. The van der Waals surface area contributed by atoms with Crippen LogP contribution in [0.4, 0.5) is 10.5 Å². The Morgan fingerprint density at radius 3 is 2.38 bits per heavy atom. The molecule has 2 amide bonds. The number of carbonyl (C=O) groups is 4. The number of likely N-dealkylation sites (N-methyl/N-ethyl adjacent to an activating group) is 1. The van der Waals surface area contributed by atoms with Crippen LogP contribution >= 0.6 is 0 Å². The lowest BCUT2D eigenvalue weighted by Crippen LogP contribution is -2.65. The number of hydrogen-bond donors (Lipinski definition) is 6. The summed E-state index contributed by atoms with van der Waals surface area (Å²) in [7, 11) is 6.59. The Morgan fingerprint density at radius 1 is 1.19 bits per heavy atom. The number of fused-ring (bicyclic) bond motifs is 3. The second-order valence-corrected chi connectivity index (χ2v) is 11.5. The highest BCUT2D eigenvalue weighted by atomic mass is 16.5. The summed E-state index contributed by atoms with van der Waals surface area (Å²) in [6, 6.07) is 0.481. The van der Waals surface area contributed by atoms with Crippen LogP contribution in [0.5, 0.6) is 5.75 Å². The van der Waals surface area contributed by atoms with E-state index in [9.17, 15) is 39.6 Å². The van der Waals surface area contributed by atoms with E-state index in [1.54, 1.807) is 46.1 Å². The number of benzene rings is 1. The second kappa shape index (κ2) is 10.8. The van der Waals surface area contributed by atoms with Gasteiger partial charge in [-0.1, -0.05) is 6.58 Å². The number of hydrogen-bond acceptors (Lipinski definition) is 11. The first-order valence-electron chi connectivity index (χ1n) is 13.3. The van der Waals surface area contributed by atoms with Crippen molar-refractivity contribution >= 4 is 35.0 Å². The highest BCUT2D eigenvalue weighted by Crippen LogP contribution is 2.54. The number of alkyl carbamates (subject to hydrolysis) is 1. The van der Waals surface area contributed by atoms with Crippen molar-refractivity contribution in [3.63, 3.8) is 0 Å². The highest BCUT2D eigenvalue weighted by Gasteiger charge is 2.64. The Balaban J connectivity index is 1.86. The predicted molar refractivity (Wildman–Crippen MR) is 152 cm³/mol. The molecule has 42 heavy (non-hydrogen) atoms. The average molecular weight is 585 g/mol. The Morgan fingerprint density at radius 2 is 1.83 bits per heavy atom. The number of carbonyl (C=O) groups excluding carboxylic acids is 4.